The van der Waals surface area contributed by atoms with Crippen molar-refractivity contribution < 1.29 is 22.7 Å². The normalized spacial score (nSPS) is 21.6. The van der Waals surface area contributed by atoms with Gasteiger partial charge in [0.2, 0.25) is 0 Å². The monoisotopic (exact) mass is 329 g/mol. The summed E-state index contributed by atoms with van der Waals surface area (Å²) in [5.74, 6) is -0.559. The fourth-order valence-electron chi connectivity index (χ4n) is 2.61. The van der Waals surface area contributed by atoms with Gasteiger partial charge < -0.3 is 9.64 Å². The lowest BCUT2D eigenvalue weighted by Crippen LogP contribution is -2.58. The van der Waals surface area contributed by atoms with E-state index in [1.807, 2.05) is 0 Å². The van der Waals surface area contributed by atoms with Gasteiger partial charge in [0.1, 0.15) is 0 Å². The average molecular weight is 329 g/mol. The Bertz CT molecular complexity index is 743. The van der Waals surface area contributed by atoms with Crippen molar-refractivity contribution in [3.8, 4) is 0 Å². The highest BCUT2D eigenvalue weighted by atomic mass is 19.4. The van der Waals surface area contributed by atoms with Crippen LogP contribution in [0, 0.1) is 0 Å². The van der Waals surface area contributed by atoms with E-state index in [-0.39, 0.29) is 17.8 Å². The predicted octanol–water partition coefficient (Wildman–Crippen LogP) is 1.31. The molecule has 2 aromatic rings. The number of aromatic nitrogens is 4. The number of morpholine rings is 1. The first-order chi connectivity index (χ1) is 10.7. The number of carbonyl (C=O) groups excluding carboxylic acids is 1. The molecule has 1 aliphatic heterocycles. The van der Waals surface area contributed by atoms with E-state index >= 15 is 0 Å². The second kappa shape index (κ2) is 5.15. The third kappa shape index (κ3) is 2.98. The van der Waals surface area contributed by atoms with Crippen LogP contribution >= 0.6 is 0 Å². The second-order valence-corrected chi connectivity index (χ2v) is 5.96. The number of nitrogens with zero attached hydrogens (tertiary/aromatic N) is 5. The van der Waals surface area contributed by atoms with Gasteiger partial charge >= 0.3 is 6.18 Å². The second-order valence-electron chi connectivity index (χ2n) is 5.96. The quantitative estimate of drug-likeness (QED) is 0.789. The Kier molecular flexibility index (Phi) is 3.51. The number of rotatable bonds is 1. The van der Waals surface area contributed by atoms with Crippen molar-refractivity contribution in [1.82, 2.24) is 24.9 Å². The van der Waals surface area contributed by atoms with Gasteiger partial charge in [-0.1, -0.05) is 0 Å². The van der Waals surface area contributed by atoms with Crippen LogP contribution in [0.2, 0.25) is 0 Å². The van der Waals surface area contributed by atoms with Crippen LogP contribution in [0.1, 0.15) is 24.2 Å². The first kappa shape index (κ1) is 15.7. The minimum Gasteiger partial charge on any atom is -0.359 e. The van der Waals surface area contributed by atoms with Gasteiger partial charge in [0.15, 0.2) is 11.8 Å². The Hall–Kier alpha value is -2.23. The number of carbonyl (C=O) groups is 1. The first-order valence-electron chi connectivity index (χ1n) is 6.88. The summed E-state index contributed by atoms with van der Waals surface area (Å²) in [6.07, 6.45) is -5.02. The molecule has 1 aliphatic rings. The molecule has 1 amide bonds. The van der Waals surface area contributed by atoms with Crippen LogP contribution in [0.5, 0.6) is 0 Å². The minimum atomic E-state index is -4.54. The van der Waals surface area contributed by atoms with Gasteiger partial charge in [-0.2, -0.15) is 17.7 Å². The van der Waals surface area contributed by atoms with Gasteiger partial charge in [0.05, 0.1) is 17.7 Å². The van der Waals surface area contributed by atoms with E-state index in [0.29, 0.717) is 0 Å². The van der Waals surface area contributed by atoms with E-state index in [9.17, 15) is 18.0 Å². The fourth-order valence-corrected chi connectivity index (χ4v) is 2.61. The molecule has 3 rings (SSSR count). The van der Waals surface area contributed by atoms with Crippen molar-refractivity contribution in [1.29, 1.82) is 0 Å². The van der Waals surface area contributed by atoms with E-state index in [1.54, 1.807) is 12.3 Å². The molecule has 10 heteroatoms. The zero-order chi connectivity index (χ0) is 16.8. The fraction of sp³-hybridized carbons (Fsp3) is 0.538. The molecule has 1 saturated heterocycles. The van der Waals surface area contributed by atoms with Crippen molar-refractivity contribution in [2.45, 2.75) is 31.7 Å². The van der Waals surface area contributed by atoms with E-state index < -0.39 is 30.3 Å². The molecular formula is C13H14F3N5O2. The number of tetrazole rings is 1. The number of alkyl halides is 3. The smallest absolute Gasteiger partial charge is 0.359 e. The largest absolute Gasteiger partial charge is 0.416 e. The maximum Gasteiger partial charge on any atom is 0.416 e. The molecule has 0 aromatic carbocycles. The number of halogens is 3. The van der Waals surface area contributed by atoms with Crippen molar-refractivity contribution in [2.24, 2.45) is 0 Å². The van der Waals surface area contributed by atoms with E-state index in [2.05, 4.69) is 15.5 Å². The van der Waals surface area contributed by atoms with Gasteiger partial charge in [-0.25, -0.2) is 0 Å². The molecule has 23 heavy (non-hydrogen) atoms. The highest BCUT2D eigenvalue weighted by molar-refractivity contribution is 5.99. The summed E-state index contributed by atoms with van der Waals surface area (Å²) in [5, 5.41) is 10.9. The molecular weight excluding hydrogens is 315 g/mol. The third-order valence-electron chi connectivity index (χ3n) is 3.53. The lowest BCUT2D eigenvalue weighted by molar-refractivity contribution is -0.267. The van der Waals surface area contributed by atoms with Gasteiger partial charge in [-0.05, 0) is 36.4 Å². The minimum absolute atomic E-state index is 0.0427. The lowest BCUT2D eigenvalue weighted by Gasteiger charge is -2.43. The molecule has 0 radical (unpaired) electrons. The molecule has 0 N–H and O–H groups in total. The molecule has 7 nitrogen and oxygen atoms in total. The Balaban J connectivity index is 1.93. The summed E-state index contributed by atoms with van der Waals surface area (Å²) in [6, 6.07) is 3.04. The molecule has 1 atom stereocenters. The van der Waals surface area contributed by atoms with Crippen LogP contribution in [0.3, 0.4) is 0 Å². The Morgan fingerprint density at radius 2 is 2.17 bits per heavy atom. The summed E-state index contributed by atoms with van der Waals surface area (Å²) < 4.78 is 45.4. The van der Waals surface area contributed by atoms with Gasteiger partial charge in [-0.15, -0.1) is 5.10 Å². The van der Waals surface area contributed by atoms with Gasteiger partial charge in [-0.3, -0.25) is 4.79 Å². The molecule has 3 heterocycles. The van der Waals surface area contributed by atoms with E-state index in [0.717, 1.165) is 4.90 Å². The van der Waals surface area contributed by atoms with Crippen LogP contribution in [0.15, 0.2) is 18.3 Å². The van der Waals surface area contributed by atoms with E-state index in [1.165, 1.54) is 24.4 Å². The molecule has 0 bridgehead atoms. The number of ether oxygens (including phenoxy) is 1. The molecule has 0 aliphatic carbocycles. The van der Waals surface area contributed by atoms with Crippen molar-refractivity contribution in [3.05, 3.63) is 23.9 Å². The van der Waals surface area contributed by atoms with Gasteiger partial charge in [0.25, 0.3) is 5.91 Å². The number of fused-ring (bicyclic) bond motifs is 1. The zero-order valence-corrected chi connectivity index (χ0v) is 12.4. The summed E-state index contributed by atoms with van der Waals surface area (Å²) in [6.45, 7) is 2.52. The number of pyridine rings is 1. The summed E-state index contributed by atoms with van der Waals surface area (Å²) in [4.78, 5) is 13.8. The van der Waals surface area contributed by atoms with Crippen molar-refractivity contribution in [3.63, 3.8) is 0 Å². The molecule has 0 spiro atoms. The van der Waals surface area contributed by atoms with Crippen LogP contribution < -0.4 is 0 Å². The summed E-state index contributed by atoms with van der Waals surface area (Å²) in [5.41, 5.74) is -0.757. The Morgan fingerprint density at radius 1 is 1.43 bits per heavy atom. The maximum atomic E-state index is 13.0. The van der Waals surface area contributed by atoms with E-state index in [4.69, 9.17) is 4.74 Å². The van der Waals surface area contributed by atoms with Crippen LogP contribution in [0.4, 0.5) is 13.2 Å². The molecule has 0 saturated carbocycles. The highest BCUT2D eigenvalue weighted by Gasteiger charge is 2.49. The number of hydrogen-bond acceptors (Lipinski definition) is 5. The predicted molar refractivity (Wildman–Crippen MR) is 71.7 cm³/mol. The third-order valence-corrected chi connectivity index (χ3v) is 3.53. The Morgan fingerprint density at radius 3 is 2.87 bits per heavy atom. The van der Waals surface area contributed by atoms with Crippen LogP contribution in [0.25, 0.3) is 5.65 Å². The summed E-state index contributed by atoms with van der Waals surface area (Å²) in [7, 11) is 0. The van der Waals surface area contributed by atoms with Crippen molar-refractivity contribution >= 4 is 11.6 Å². The number of amides is 1. The SMILES string of the molecule is CC1(C)CN(C(=O)c2cccn3nnnc23)CC(C(F)(F)F)O1. The molecule has 2 aromatic heterocycles. The van der Waals surface area contributed by atoms with Crippen LogP contribution in [-0.2, 0) is 4.74 Å². The lowest BCUT2D eigenvalue weighted by atomic mass is 10.0. The van der Waals surface area contributed by atoms with Crippen LogP contribution in [-0.4, -0.2) is 61.8 Å². The zero-order valence-electron chi connectivity index (χ0n) is 12.4. The van der Waals surface area contributed by atoms with Gasteiger partial charge in [0, 0.05) is 12.7 Å². The standard InChI is InChI=1S/C13H14F3N5O2/c1-12(2)7-20(6-9(23-12)13(14,15)16)11(22)8-4-3-5-21-10(8)17-18-19-21/h3-5,9H,6-7H2,1-2H3. The average Bonchev–Trinajstić information content (AvgIpc) is 2.92. The molecule has 1 fully saturated rings. The first-order valence-corrected chi connectivity index (χ1v) is 6.88. The maximum absolute atomic E-state index is 13.0. The topological polar surface area (TPSA) is 72.6 Å². The highest BCUT2D eigenvalue weighted by Crippen LogP contribution is 2.32. The number of hydrogen-bond donors (Lipinski definition) is 0. The summed E-state index contributed by atoms with van der Waals surface area (Å²) >= 11 is 0. The molecule has 1 unspecified atom stereocenters. The molecule has 124 valence electrons. The Labute approximate surface area is 129 Å². The van der Waals surface area contributed by atoms with Crippen molar-refractivity contribution in [2.75, 3.05) is 13.1 Å².